The fourth-order valence-corrected chi connectivity index (χ4v) is 4.17. The van der Waals surface area contributed by atoms with Gasteiger partial charge in [-0.05, 0) is 42.6 Å². The highest BCUT2D eigenvalue weighted by Crippen LogP contribution is 2.19. The van der Waals surface area contributed by atoms with Crippen molar-refractivity contribution in [2.75, 3.05) is 18.9 Å². The summed E-state index contributed by atoms with van der Waals surface area (Å²) in [6, 6.07) is 9.54. The smallest absolute Gasteiger partial charge is 0.252 e. The predicted molar refractivity (Wildman–Crippen MR) is 89.2 cm³/mol. The van der Waals surface area contributed by atoms with Crippen LogP contribution in [0.25, 0.3) is 0 Å². The maximum absolute atomic E-state index is 12.2. The Bertz CT molecular complexity index is 797. The molecule has 2 rings (SSSR count). The van der Waals surface area contributed by atoms with Crippen LogP contribution < -0.4 is 5.32 Å². The number of likely N-dealkylation sites (N-methyl/N-ethyl adjacent to an activating group) is 1. The summed E-state index contributed by atoms with van der Waals surface area (Å²) in [6.45, 7) is 1.16. The summed E-state index contributed by atoms with van der Waals surface area (Å²) in [5, 5.41) is 4.27. The van der Waals surface area contributed by atoms with Gasteiger partial charge < -0.3 is 5.32 Å². The number of ketones is 1. The molecule has 0 fully saturated rings. The molecular formula is C15H16N2O4S2. The van der Waals surface area contributed by atoms with Crippen LogP contribution in [-0.4, -0.2) is 38.0 Å². The number of carbonyl (C=O) groups excluding carboxylic acids is 2. The van der Waals surface area contributed by atoms with Crippen LogP contribution in [0.15, 0.2) is 46.0 Å². The maximum atomic E-state index is 12.2. The second-order valence-corrected chi connectivity index (χ2v) is 8.09. The summed E-state index contributed by atoms with van der Waals surface area (Å²) in [6.07, 6.45) is 0. The topological polar surface area (TPSA) is 83.6 Å². The molecular weight excluding hydrogens is 336 g/mol. The second kappa shape index (κ2) is 7.03. The van der Waals surface area contributed by atoms with Gasteiger partial charge in [-0.15, -0.1) is 11.3 Å². The minimum Gasteiger partial charge on any atom is -0.325 e. The first-order valence-electron chi connectivity index (χ1n) is 6.71. The van der Waals surface area contributed by atoms with E-state index in [0.29, 0.717) is 11.3 Å². The molecule has 0 unspecified atom stereocenters. The number of benzene rings is 1. The Hall–Kier alpha value is -2.03. The van der Waals surface area contributed by atoms with Crippen LogP contribution in [0.2, 0.25) is 0 Å². The summed E-state index contributed by atoms with van der Waals surface area (Å²) >= 11 is 1.10. The number of anilines is 1. The van der Waals surface area contributed by atoms with Crippen molar-refractivity contribution in [2.45, 2.75) is 11.1 Å². The SMILES string of the molecule is CC(=O)c1ccc(NC(=O)CN(C)S(=O)(=O)c2cccs2)cc1. The standard InChI is InChI=1S/C15H16N2O4S2/c1-11(18)12-5-7-13(8-6-12)16-14(19)10-17(2)23(20,21)15-4-3-9-22-15/h3-9H,10H2,1-2H3,(H,16,19). The van der Waals surface area contributed by atoms with Gasteiger partial charge in [0.1, 0.15) is 4.21 Å². The first-order valence-corrected chi connectivity index (χ1v) is 9.03. The first-order chi connectivity index (χ1) is 10.8. The minimum atomic E-state index is -3.65. The van der Waals surface area contributed by atoms with Crippen molar-refractivity contribution in [2.24, 2.45) is 0 Å². The molecule has 0 saturated heterocycles. The average Bonchev–Trinajstić information content (AvgIpc) is 3.02. The van der Waals surface area contributed by atoms with Gasteiger partial charge in [-0.2, -0.15) is 4.31 Å². The van der Waals surface area contributed by atoms with E-state index in [0.717, 1.165) is 15.6 Å². The molecule has 1 aromatic carbocycles. The molecule has 0 spiro atoms. The Kier molecular flexibility index (Phi) is 5.30. The summed E-state index contributed by atoms with van der Waals surface area (Å²) in [5.74, 6) is -0.521. The van der Waals surface area contributed by atoms with E-state index in [1.807, 2.05) is 0 Å². The molecule has 0 radical (unpaired) electrons. The molecule has 8 heteroatoms. The van der Waals surface area contributed by atoms with E-state index in [9.17, 15) is 18.0 Å². The highest BCUT2D eigenvalue weighted by Gasteiger charge is 2.23. The summed E-state index contributed by atoms with van der Waals surface area (Å²) in [5.41, 5.74) is 1.04. The molecule has 0 aliphatic rings. The van der Waals surface area contributed by atoms with E-state index in [1.54, 1.807) is 35.7 Å². The highest BCUT2D eigenvalue weighted by atomic mass is 32.2. The van der Waals surface area contributed by atoms with Gasteiger partial charge in [0.2, 0.25) is 5.91 Å². The van der Waals surface area contributed by atoms with Crippen LogP contribution in [0.5, 0.6) is 0 Å². The number of carbonyl (C=O) groups is 2. The van der Waals surface area contributed by atoms with Gasteiger partial charge in [0.25, 0.3) is 10.0 Å². The molecule has 23 heavy (non-hydrogen) atoms. The van der Waals surface area contributed by atoms with E-state index in [-0.39, 0.29) is 16.5 Å². The van der Waals surface area contributed by atoms with Crippen LogP contribution >= 0.6 is 11.3 Å². The number of sulfonamides is 1. The van der Waals surface area contributed by atoms with E-state index in [1.165, 1.54) is 20.0 Å². The van der Waals surface area contributed by atoms with Crippen LogP contribution in [0.1, 0.15) is 17.3 Å². The third-order valence-corrected chi connectivity index (χ3v) is 6.28. The molecule has 6 nitrogen and oxygen atoms in total. The van der Waals surface area contributed by atoms with E-state index in [4.69, 9.17) is 0 Å². The third-order valence-electron chi connectivity index (χ3n) is 3.10. The summed E-state index contributed by atoms with van der Waals surface area (Å²) in [4.78, 5) is 23.2. The van der Waals surface area contributed by atoms with Gasteiger partial charge in [-0.1, -0.05) is 6.07 Å². The number of hydrogen-bond donors (Lipinski definition) is 1. The largest absolute Gasteiger partial charge is 0.325 e. The normalized spacial score (nSPS) is 11.4. The van der Waals surface area contributed by atoms with Gasteiger partial charge in [0.05, 0.1) is 6.54 Å². The Balaban J connectivity index is 2.00. The number of rotatable bonds is 6. The number of thiophene rings is 1. The van der Waals surface area contributed by atoms with Crippen molar-refractivity contribution in [1.29, 1.82) is 0 Å². The lowest BCUT2D eigenvalue weighted by molar-refractivity contribution is -0.116. The molecule has 0 aliphatic carbocycles. The molecule has 1 N–H and O–H groups in total. The van der Waals surface area contributed by atoms with Crippen molar-refractivity contribution >= 4 is 38.7 Å². The van der Waals surface area contributed by atoms with Crippen molar-refractivity contribution in [3.63, 3.8) is 0 Å². The van der Waals surface area contributed by atoms with Crippen molar-refractivity contribution in [3.05, 3.63) is 47.3 Å². The summed E-state index contributed by atoms with van der Waals surface area (Å²) in [7, 11) is -2.30. The zero-order valence-corrected chi connectivity index (χ0v) is 14.3. The van der Waals surface area contributed by atoms with Crippen LogP contribution in [0.4, 0.5) is 5.69 Å². The van der Waals surface area contributed by atoms with Crippen molar-refractivity contribution in [3.8, 4) is 0 Å². The predicted octanol–water partition coefficient (Wildman–Crippen LogP) is 2.21. The van der Waals surface area contributed by atoms with Gasteiger partial charge in [0.15, 0.2) is 5.78 Å². The van der Waals surface area contributed by atoms with E-state index < -0.39 is 15.9 Å². The molecule has 0 bridgehead atoms. The van der Waals surface area contributed by atoms with Gasteiger partial charge in [-0.3, -0.25) is 9.59 Å². The fraction of sp³-hybridized carbons (Fsp3) is 0.200. The van der Waals surface area contributed by atoms with Crippen LogP contribution in [0.3, 0.4) is 0 Å². The number of hydrogen-bond acceptors (Lipinski definition) is 5. The minimum absolute atomic E-state index is 0.0651. The average molecular weight is 352 g/mol. The maximum Gasteiger partial charge on any atom is 0.252 e. The molecule has 1 aromatic heterocycles. The molecule has 0 aliphatic heterocycles. The zero-order chi connectivity index (χ0) is 17.0. The Labute approximate surface area is 138 Å². The van der Waals surface area contributed by atoms with E-state index in [2.05, 4.69) is 5.32 Å². The lowest BCUT2D eigenvalue weighted by Gasteiger charge is -2.15. The van der Waals surface area contributed by atoms with Gasteiger partial charge in [-0.25, -0.2) is 8.42 Å². The number of Topliss-reactive ketones (excluding diaryl/α,β-unsaturated/α-hetero) is 1. The van der Waals surface area contributed by atoms with Crippen LogP contribution in [-0.2, 0) is 14.8 Å². The molecule has 2 aromatic rings. The lowest BCUT2D eigenvalue weighted by atomic mass is 10.1. The Morgan fingerprint density at radius 2 is 1.83 bits per heavy atom. The fourth-order valence-electron chi connectivity index (χ4n) is 1.84. The molecule has 122 valence electrons. The van der Waals surface area contributed by atoms with Crippen LogP contribution in [0, 0.1) is 0 Å². The van der Waals surface area contributed by atoms with Gasteiger partial charge in [0, 0.05) is 18.3 Å². The number of nitrogens with zero attached hydrogens (tertiary/aromatic N) is 1. The quantitative estimate of drug-likeness (QED) is 0.808. The number of nitrogens with one attached hydrogen (secondary N) is 1. The Morgan fingerprint density at radius 3 is 2.35 bits per heavy atom. The third kappa shape index (κ3) is 4.25. The molecule has 1 amide bonds. The molecule has 0 atom stereocenters. The first kappa shape index (κ1) is 17.3. The van der Waals surface area contributed by atoms with E-state index >= 15 is 0 Å². The van der Waals surface area contributed by atoms with Crippen molar-refractivity contribution < 1.29 is 18.0 Å². The highest BCUT2D eigenvalue weighted by molar-refractivity contribution is 7.91. The van der Waals surface area contributed by atoms with Crippen molar-refractivity contribution in [1.82, 2.24) is 4.31 Å². The second-order valence-electron chi connectivity index (χ2n) is 4.87. The monoisotopic (exact) mass is 352 g/mol. The van der Waals surface area contributed by atoms with Gasteiger partial charge >= 0.3 is 0 Å². The number of amides is 1. The lowest BCUT2D eigenvalue weighted by Crippen LogP contribution is -2.34. The summed E-state index contributed by atoms with van der Waals surface area (Å²) < 4.78 is 25.6. The Morgan fingerprint density at radius 1 is 1.17 bits per heavy atom. The zero-order valence-electron chi connectivity index (χ0n) is 12.6. The molecule has 1 heterocycles. The molecule has 0 saturated carbocycles.